The predicted octanol–water partition coefficient (Wildman–Crippen LogP) is 1.33. The number of aliphatic carboxylic acids is 1. The van der Waals surface area contributed by atoms with Crippen molar-refractivity contribution in [1.82, 2.24) is 4.90 Å². The normalized spacial score (nSPS) is 14.3. The van der Waals surface area contributed by atoms with Gasteiger partial charge in [-0.2, -0.15) is 0 Å². The Morgan fingerprint density at radius 2 is 1.95 bits per heavy atom. The molecule has 0 radical (unpaired) electrons. The lowest BCUT2D eigenvalue weighted by molar-refractivity contribution is -0.140. The van der Waals surface area contributed by atoms with E-state index >= 15 is 0 Å². The van der Waals surface area contributed by atoms with Crippen molar-refractivity contribution in [3.05, 3.63) is 28.8 Å². The van der Waals surface area contributed by atoms with Crippen LogP contribution in [0.25, 0.3) is 0 Å². The zero-order valence-corrected chi connectivity index (χ0v) is 12.1. The Morgan fingerprint density at radius 3 is 2.37 bits per heavy atom. The molecule has 1 rings (SSSR count). The van der Waals surface area contributed by atoms with E-state index in [1.807, 2.05) is 40.1 Å². The number of ether oxygens (including phenoxy) is 1. The van der Waals surface area contributed by atoms with Crippen LogP contribution in [0, 0.1) is 13.8 Å². The van der Waals surface area contributed by atoms with Crippen LogP contribution in [-0.2, 0) is 4.79 Å². The monoisotopic (exact) mass is 266 g/mol. The van der Waals surface area contributed by atoms with Crippen LogP contribution in [0.2, 0.25) is 0 Å². The molecule has 5 nitrogen and oxygen atoms in total. The number of rotatable bonds is 5. The zero-order valence-electron chi connectivity index (χ0n) is 12.1. The SMILES string of the molecule is COc1c(C)cc(C)cc1C(C(N)C(=O)O)N(C)C. The molecule has 0 amide bonds. The van der Waals surface area contributed by atoms with E-state index in [1.54, 1.807) is 12.0 Å². The molecule has 1 aromatic rings. The first kappa shape index (κ1) is 15.5. The smallest absolute Gasteiger partial charge is 0.322 e. The summed E-state index contributed by atoms with van der Waals surface area (Å²) >= 11 is 0. The highest BCUT2D eigenvalue weighted by molar-refractivity contribution is 5.75. The lowest BCUT2D eigenvalue weighted by Crippen LogP contribution is -2.43. The van der Waals surface area contributed by atoms with Gasteiger partial charge in [-0.25, -0.2) is 0 Å². The molecule has 0 saturated carbocycles. The second kappa shape index (κ2) is 6.04. The quantitative estimate of drug-likeness (QED) is 0.840. The maximum Gasteiger partial charge on any atom is 0.322 e. The van der Waals surface area contributed by atoms with E-state index in [0.717, 1.165) is 16.7 Å². The zero-order chi connectivity index (χ0) is 14.7. The first-order valence-electron chi connectivity index (χ1n) is 6.09. The van der Waals surface area contributed by atoms with Gasteiger partial charge in [0.1, 0.15) is 11.8 Å². The first-order valence-corrected chi connectivity index (χ1v) is 6.09. The van der Waals surface area contributed by atoms with E-state index in [1.165, 1.54) is 0 Å². The molecular formula is C14H22N2O3. The standard InChI is InChI=1S/C14H22N2O3/c1-8-6-9(2)13(19-5)10(7-8)12(16(3)4)11(15)14(17)18/h6-7,11-12H,15H2,1-5H3,(H,17,18). The number of benzene rings is 1. The first-order chi connectivity index (χ1) is 8.79. The van der Waals surface area contributed by atoms with Gasteiger partial charge in [-0.1, -0.05) is 17.7 Å². The summed E-state index contributed by atoms with van der Waals surface area (Å²) in [7, 11) is 5.20. The molecule has 5 heteroatoms. The van der Waals surface area contributed by atoms with Crippen molar-refractivity contribution < 1.29 is 14.6 Å². The van der Waals surface area contributed by atoms with Gasteiger partial charge in [0, 0.05) is 5.56 Å². The van der Waals surface area contributed by atoms with E-state index in [2.05, 4.69) is 0 Å². The van der Waals surface area contributed by atoms with E-state index < -0.39 is 18.1 Å². The van der Waals surface area contributed by atoms with Crippen LogP contribution in [0.15, 0.2) is 12.1 Å². The molecule has 1 aromatic carbocycles. The van der Waals surface area contributed by atoms with Crippen LogP contribution in [0.4, 0.5) is 0 Å². The number of hydrogen-bond donors (Lipinski definition) is 2. The fourth-order valence-electron chi connectivity index (χ4n) is 2.41. The van der Waals surface area contributed by atoms with Gasteiger partial charge in [-0.05, 0) is 33.5 Å². The summed E-state index contributed by atoms with van der Waals surface area (Å²) < 4.78 is 5.42. The van der Waals surface area contributed by atoms with Crippen molar-refractivity contribution in [2.24, 2.45) is 5.73 Å². The Labute approximate surface area is 114 Å². The molecule has 0 saturated heterocycles. The molecule has 0 aliphatic heterocycles. The number of nitrogens with two attached hydrogens (primary N) is 1. The van der Waals surface area contributed by atoms with E-state index in [0.29, 0.717) is 5.75 Å². The summed E-state index contributed by atoms with van der Waals surface area (Å²) in [6, 6.07) is 2.48. The third-order valence-corrected chi connectivity index (χ3v) is 3.15. The van der Waals surface area contributed by atoms with Gasteiger partial charge in [0.15, 0.2) is 0 Å². The molecule has 19 heavy (non-hydrogen) atoms. The van der Waals surface area contributed by atoms with Crippen molar-refractivity contribution in [3.63, 3.8) is 0 Å². The van der Waals surface area contributed by atoms with Crippen LogP contribution in [0.5, 0.6) is 5.75 Å². The van der Waals surface area contributed by atoms with Gasteiger partial charge in [0.25, 0.3) is 0 Å². The van der Waals surface area contributed by atoms with Crippen molar-refractivity contribution in [3.8, 4) is 5.75 Å². The molecular weight excluding hydrogens is 244 g/mol. The number of carbonyl (C=O) groups is 1. The Balaban J connectivity index is 3.41. The summed E-state index contributed by atoms with van der Waals surface area (Å²) in [6.07, 6.45) is 0. The third kappa shape index (κ3) is 3.24. The number of likely N-dealkylation sites (N-methyl/N-ethyl adjacent to an activating group) is 1. The Hall–Kier alpha value is -1.59. The Morgan fingerprint density at radius 1 is 1.37 bits per heavy atom. The van der Waals surface area contributed by atoms with Crippen molar-refractivity contribution in [1.29, 1.82) is 0 Å². The highest BCUT2D eigenvalue weighted by atomic mass is 16.5. The average Bonchev–Trinajstić information content (AvgIpc) is 2.27. The van der Waals surface area contributed by atoms with Gasteiger partial charge in [0.05, 0.1) is 13.2 Å². The predicted molar refractivity (Wildman–Crippen MR) is 74.5 cm³/mol. The molecule has 0 aliphatic carbocycles. The molecule has 2 unspecified atom stereocenters. The van der Waals surface area contributed by atoms with Crippen molar-refractivity contribution in [2.75, 3.05) is 21.2 Å². The van der Waals surface area contributed by atoms with Crippen LogP contribution in [0.3, 0.4) is 0 Å². The van der Waals surface area contributed by atoms with Gasteiger partial charge in [-0.3, -0.25) is 4.79 Å². The lowest BCUT2D eigenvalue weighted by atomic mass is 9.94. The second-order valence-corrected chi connectivity index (χ2v) is 4.98. The minimum atomic E-state index is -1.03. The van der Waals surface area contributed by atoms with E-state index in [4.69, 9.17) is 10.5 Å². The largest absolute Gasteiger partial charge is 0.496 e. The number of nitrogens with zero attached hydrogens (tertiary/aromatic N) is 1. The van der Waals surface area contributed by atoms with E-state index in [-0.39, 0.29) is 0 Å². The molecule has 0 aromatic heterocycles. The molecule has 0 bridgehead atoms. The molecule has 3 N–H and O–H groups in total. The molecule has 0 spiro atoms. The molecule has 0 aliphatic rings. The van der Waals surface area contributed by atoms with Gasteiger partial charge in [0.2, 0.25) is 0 Å². The molecule has 2 atom stereocenters. The van der Waals surface area contributed by atoms with Crippen molar-refractivity contribution >= 4 is 5.97 Å². The molecule has 106 valence electrons. The number of methoxy groups -OCH3 is 1. The minimum absolute atomic E-state index is 0.439. The van der Waals surface area contributed by atoms with Crippen LogP contribution in [-0.4, -0.2) is 43.2 Å². The summed E-state index contributed by atoms with van der Waals surface area (Å²) in [5.74, 6) is -0.332. The number of carboxylic acid groups (broad SMARTS) is 1. The number of aryl methyl sites for hydroxylation is 2. The highest BCUT2D eigenvalue weighted by Crippen LogP contribution is 2.33. The fourth-order valence-corrected chi connectivity index (χ4v) is 2.41. The van der Waals surface area contributed by atoms with Crippen LogP contribution in [0.1, 0.15) is 22.7 Å². The lowest BCUT2D eigenvalue weighted by Gasteiger charge is -2.30. The highest BCUT2D eigenvalue weighted by Gasteiger charge is 2.30. The number of hydrogen-bond acceptors (Lipinski definition) is 4. The minimum Gasteiger partial charge on any atom is -0.496 e. The summed E-state index contributed by atoms with van der Waals surface area (Å²) in [6.45, 7) is 3.91. The summed E-state index contributed by atoms with van der Waals surface area (Å²) in [4.78, 5) is 13.0. The molecule has 0 fully saturated rings. The van der Waals surface area contributed by atoms with Crippen molar-refractivity contribution in [2.45, 2.75) is 25.9 Å². The number of carboxylic acids is 1. The Bertz CT molecular complexity index is 472. The average molecular weight is 266 g/mol. The van der Waals surface area contributed by atoms with Gasteiger partial charge < -0.3 is 20.5 Å². The van der Waals surface area contributed by atoms with Crippen LogP contribution >= 0.6 is 0 Å². The Kier molecular flexibility index (Phi) is 4.91. The van der Waals surface area contributed by atoms with Gasteiger partial charge >= 0.3 is 5.97 Å². The van der Waals surface area contributed by atoms with E-state index in [9.17, 15) is 9.90 Å². The fraction of sp³-hybridized carbons (Fsp3) is 0.500. The second-order valence-electron chi connectivity index (χ2n) is 4.98. The van der Waals surface area contributed by atoms with Gasteiger partial charge in [-0.15, -0.1) is 0 Å². The third-order valence-electron chi connectivity index (χ3n) is 3.15. The molecule has 0 heterocycles. The van der Waals surface area contributed by atoms with Crippen LogP contribution < -0.4 is 10.5 Å². The topological polar surface area (TPSA) is 75.8 Å². The summed E-state index contributed by atoms with van der Waals surface area (Å²) in [5, 5.41) is 9.17. The summed E-state index contributed by atoms with van der Waals surface area (Å²) in [5.41, 5.74) is 8.65. The maximum atomic E-state index is 11.2. The maximum absolute atomic E-state index is 11.2.